The topological polar surface area (TPSA) is 52.7 Å². The number of anilines is 2. The number of rotatable bonds is 1. The Balaban J connectivity index is 2.21. The Kier molecular flexibility index (Phi) is 2.78. The molecule has 1 aromatic rings. The van der Waals surface area contributed by atoms with Crippen molar-refractivity contribution in [2.45, 2.75) is 19.9 Å². The van der Waals surface area contributed by atoms with E-state index in [2.05, 4.69) is 5.32 Å². The Morgan fingerprint density at radius 2 is 2.16 bits per heavy atom. The number of carbonyl (C=O) groups is 2. The van der Waals surface area contributed by atoms with E-state index in [9.17, 15) is 9.59 Å². The zero-order valence-electron chi connectivity index (χ0n) is 11.1. The van der Waals surface area contributed by atoms with Gasteiger partial charge in [-0.2, -0.15) is 0 Å². The van der Waals surface area contributed by atoms with Gasteiger partial charge in [0, 0.05) is 13.1 Å². The van der Waals surface area contributed by atoms with Crippen LogP contribution in [0.1, 0.15) is 12.5 Å². The van der Waals surface area contributed by atoms with Crippen LogP contribution in [0.2, 0.25) is 0 Å². The molecule has 1 saturated heterocycles. The number of nitrogens with zero attached hydrogens (tertiary/aromatic N) is 2. The number of nitrogens with one attached hydrogen (secondary N) is 1. The molecule has 0 saturated carbocycles. The second kappa shape index (κ2) is 4.35. The van der Waals surface area contributed by atoms with E-state index in [1.165, 1.54) is 0 Å². The van der Waals surface area contributed by atoms with E-state index in [1.807, 2.05) is 32.0 Å². The van der Waals surface area contributed by atoms with Crippen LogP contribution in [-0.4, -0.2) is 37.5 Å². The molecule has 5 nitrogen and oxygen atoms in total. The molecule has 1 atom stereocenters. The average molecular weight is 259 g/mol. The number of hydrogen-bond acceptors (Lipinski definition) is 3. The van der Waals surface area contributed by atoms with Gasteiger partial charge in [0.05, 0.1) is 17.9 Å². The molecule has 2 amide bonds. The van der Waals surface area contributed by atoms with Crippen LogP contribution in [0.3, 0.4) is 0 Å². The smallest absolute Gasteiger partial charge is 0.251 e. The van der Waals surface area contributed by atoms with Crippen molar-refractivity contribution in [1.82, 2.24) is 5.32 Å². The molecule has 0 radical (unpaired) electrons. The SMILES string of the molecule is CCN1C(=O)C2CNCC(=O)N2c2cccc(C)c21. The molecule has 2 aliphatic rings. The van der Waals surface area contributed by atoms with E-state index in [4.69, 9.17) is 0 Å². The van der Waals surface area contributed by atoms with Gasteiger partial charge in [-0.3, -0.25) is 14.5 Å². The zero-order chi connectivity index (χ0) is 13.6. The molecule has 3 rings (SSSR count). The molecule has 1 aromatic carbocycles. The van der Waals surface area contributed by atoms with E-state index in [0.29, 0.717) is 19.6 Å². The molecule has 0 aromatic heterocycles. The highest BCUT2D eigenvalue weighted by atomic mass is 16.2. The molecule has 0 aliphatic carbocycles. The van der Waals surface area contributed by atoms with Gasteiger partial charge in [-0.15, -0.1) is 0 Å². The number of aryl methyl sites for hydroxylation is 1. The van der Waals surface area contributed by atoms with Crippen molar-refractivity contribution >= 4 is 23.2 Å². The van der Waals surface area contributed by atoms with Gasteiger partial charge in [0.15, 0.2) is 0 Å². The summed E-state index contributed by atoms with van der Waals surface area (Å²) in [5.41, 5.74) is 2.76. The molecule has 19 heavy (non-hydrogen) atoms. The summed E-state index contributed by atoms with van der Waals surface area (Å²) in [6, 6.07) is 5.43. The molecule has 5 heteroatoms. The highest BCUT2D eigenvalue weighted by molar-refractivity contribution is 6.14. The van der Waals surface area contributed by atoms with Crippen molar-refractivity contribution < 1.29 is 9.59 Å². The van der Waals surface area contributed by atoms with Gasteiger partial charge in [-0.05, 0) is 25.5 Å². The monoisotopic (exact) mass is 259 g/mol. The summed E-state index contributed by atoms with van der Waals surface area (Å²) in [5.74, 6) is -0.0305. The number of piperazine rings is 1. The van der Waals surface area contributed by atoms with Crippen molar-refractivity contribution in [3.8, 4) is 0 Å². The summed E-state index contributed by atoms with van der Waals surface area (Å²) in [6.07, 6.45) is 0. The van der Waals surface area contributed by atoms with Gasteiger partial charge in [0.25, 0.3) is 5.91 Å². The average Bonchev–Trinajstić information content (AvgIpc) is 2.40. The molecule has 1 fully saturated rings. The quantitative estimate of drug-likeness (QED) is 0.806. The van der Waals surface area contributed by atoms with Crippen molar-refractivity contribution in [3.05, 3.63) is 23.8 Å². The lowest BCUT2D eigenvalue weighted by Gasteiger charge is -2.44. The minimum absolute atomic E-state index is 0.00449. The van der Waals surface area contributed by atoms with Crippen molar-refractivity contribution in [1.29, 1.82) is 0 Å². The number of hydrogen-bond donors (Lipinski definition) is 1. The lowest BCUT2D eigenvalue weighted by molar-refractivity contribution is -0.126. The maximum atomic E-state index is 12.5. The molecule has 2 heterocycles. The third kappa shape index (κ3) is 1.65. The lowest BCUT2D eigenvalue weighted by atomic mass is 10.0. The second-order valence-electron chi connectivity index (χ2n) is 4.94. The van der Waals surface area contributed by atoms with Crippen molar-refractivity contribution in [2.75, 3.05) is 29.4 Å². The number of fused-ring (bicyclic) bond motifs is 3. The first kappa shape index (κ1) is 12.2. The van der Waals surface area contributed by atoms with E-state index in [0.717, 1.165) is 16.9 Å². The zero-order valence-corrected chi connectivity index (χ0v) is 11.1. The highest BCUT2D eigenvalue weighted by Gasteiger charge is 2.42. The summed E-state index contributed by atoms with van der Waals surface area (Å²) >= 11 is 0. The molecule has 100 valence electrons. The first-order valence-corrected chi connectivity index (χ1v) is 6.59. The number of carbonyl (C=O) groups excluding carboxylic acids is 2. The van der Waals surface area contributed by atoms with Crippen molar-refractivity contribution in [2.24, 2.45) is 0 Å². The highest BCUT2D eigenvalue weighted by Crippen LogP contribution is 2.39. The second-order valence-corrected chi connectivity index (χ2v) is 4.94. The maximum Gasteiger partial charge on any atom is 0.251 e. The standard InChI is InChI=1S/C14H17N3O2/c1-3-16-13-9(2)5-4-6-10(13)17-11(14(16)19)7-15-8-12(17)18/h4-6,11,15H,3,7-8H2,1-2H3. The molecular weight excluding hydrogens is 242 g/mol. The molecule has 0 spiro atoms. The number of para-hydroxylation sites is 1. The van der Waals surface area contributed by atoms with Crippen LogP contribution >= 0.6 is 0 Å². The van der Waals surface area contributed by atoms with Gasteiger partial charge in [0.2, 0.25) is 5.91 Å². The molecule has 1 N–H and O–H groups in total. The predicted octanol–water partition coefficient (Wildman–Crippen LogP) is 0.666. The number of benzene rings is 1. The molecular formula is C14H17N3O2. The van der Waals surface area contributed by atoms with E-state index >= 15 is 0 Å². The van der Waals surface area contributed by atoms with Gasteiger partial charge in [-0.1, -0.05) is 12.1 Å². The van der Waals surface area contributed by atoms with Gasteiger partial charge in [0.1, 0.15) is 6.04 Å². The van der Waals surface area contributed by atoms with Crippen LogP contribution in [0, 0.1) is 6.92 Å². The molecule has 2 aliphatic heterocycles. The Hall–Kier alpha value is -1.88. The summed E-state index contributed by atoms with van der Waals surface area (Å²) in [5, 5.41) is 3.02. The van der Waals surface area contributed by atoms with E-state index in [-0.39, 0.29) is 11.8 Å². The summed E-state index contributed by atoms with van der Waals surface area (Å²) < 4.78 is 0. The third-order valence-corrected chi connectivity index (χ3v) is 3.81. The predicted molar refractivity (Wildman–Crippen MR) is 73.3 cm³/mol. The fourth-order valence-electron chi connectivity index (χ4n) is 2.96. The van der Waals surface area contributed by atoms with Crippen LogP contribution in [0.4, 0.5) is 11.4 Å². The fourth-order valence-corrected chi connectivity index (χ4v) is 2.96. The fraction of sp³-hybridized carbons (Fsp3) is 0.429. The number of amides is 2. The minimum atomic E-state index is -0.407. The lowest BCUT2D eigenvalue weighted by Crippen LogP contribution is -2.64. The summed E-state index contributed by atoms with van der Waals surface area (Å²) in [4.78, 5) is 28.1. The van der Waals surface area contributed by atoms with E-state index in [1.54, 1.807) is 9.80 Å². The molecule has 0 bridgehead atoms. The minimum Gasteiger partial charge on any atom is -0.309 e. The summed E-state index contributed by atoms with van der Waals surface area (Å²) in [6.45, 7) is 5.37. The summed E-state index contributed by atoms with van der Waals surface area (Å²) in [7, 11) is 0. The maximum absolute atomic E-state index is 12.5. The normalized spacial score (nSPS) is 22.3. The number of likely N-dealkylation sites (N-methyl/N-ethyl adjacent to an activating group) is 1. The Morgan fingerprint density at radius 1 is 1.37 bits per heavy atom. The van der Waals surface area contributed by atoms with Gasteiger partial charge >= 0.3 is 0 Å². The largest absolute Gasteiger partial charge is 0.309 e. The van der Waals surface area contributed by atoms with Crippen LogP contribution < -0.4 is 15.1 Å². The van der Waals surface area contributed by atoms with Gasteiger partial charge in [-0.25, -0.2) is 0 Å². The molecule has 1 unspecified atom stereocenters. The van der Waals surface area contributed by atoms with E-state index < -0.39 is 6.04 Å². The first-order valence-electron chi connectivity index (χ1n) is 6.59. The Morgan fingerprint density at radius 3 is 2.89 bits per heavy atom. The Bertz CT molecular complexity index is 556. The van der Waals surface area contributed by atoms with Gasteiger partial charge < -0.3 is 10.2 Å². The third-order valence-electron chi connectivity index (χ3n) is 3.81. The van der Waals surface area contributed by atoms with Crippen LogP contribution in [0.15, 0.2) is 18.2 Å². The van der Waals surface area contributed by atoms with Crippen LogP contribution in [0.5, 0.6) is 0 Å². The first-order chi connectivity index (χ1) is 9.15. The van der Waals surface area contributed by atoms with Crippen LogP contribution in [0.25, 0.3) is 0 Å². The van der Waals surface area contributed by atoms with Crippen molar-refractivity contribution in [3.63, 3.8) is 0 Å². The van der Waals surface area contributed by atoms with Crippen LogP contribution in [-0.2, 0) is 9.59 Å². The Labute approximate surface area is 112 Å².